The van der Waals surface area contributed by atoms with Crippen LogP contribution in [-0.2, 0) is 21.2 Å². The molecule has 0 aliphatic heterocycles. The largest absolute Gasteiger partial charge is 0.399 e. The molecule has 0 bridgehead atoms. The number of aliphatic hydroxyl groups is 1. The Balaban J connectivity index is 1.58. The summed E-state index contributed by atoms with van der Waals surface area (Å²) in [5.74, 6) is 0.445. The second-order valence-corrected chi connectivity index (χ2v) is 13.8. The van der Waals surface area contributed by atoms with Gasteiger partial charge in [-0.05, 0) is 78.2 Å². The fourth-order valence-electron chi connectivity index (χ4n) is 4.98. The van der Waals surface area contributed by atoms with Crippen LogP contribution in [-0.4, -0.2) is 62.1 Å². The van der Waals surface area contributed by atoms with E-state index in [1.165, 1.54) is 21.8 Å². The van der Waals surface area contributed by atoms with Gasteiger partial charge in [0, 0.05) is 24.8 Å². The highest BCUT2D eigenvalue weighted by molar-refractivity contribution is 7.89. The average Bonchev–Trinajstić information content (AvgIpc) is 2.96. The summed E-state index contributed by atoms with van der Waals surface area (Å²) in [6, 6.07) is 19.7. The number of anilines is 1. The lowest BCUT2D eigenvalue weighted by molar-refractivity contribution is -0.123. The Labute approximate surface area is 251 Å². The van der Waals surface area contributed by atoms with Crippen LogP contribution in [0.25, 0.3) is 10.8 Å². The molecule has 0 fully saturated rings. The number of rotatable bonds is 17. The summed E-state index contributed by atoms with van der Waals surface area (Å²) in [4.78, 5) is 13.4. The minimum Gasteiger partial charge on any atom is -0.399 e. The fourth-order valence-corrected chi connectivity index (χ4v) is 6.79. The predicted molar refractivity (Wildman–Crippen MR) is 172 cm³/mol. The van der Waals surface area contributed by atoms with Crippen molar-refractivity contribution in [3.63, 3.8) is 0 Å². The molecule has 1 unspecified atom stereocenters. The molecule has 0 aliphatic carbocycles. The first-order valence-electron chi connectivity index (χ1n) is 15.0. The van der Waals surface area contributed by atoms with Crippen LogP contribution >= 0.6 is 0 Å². The first-order chi connectivity index (χ1) is 20.0. The Morgan fingerprint density at radius 3 is 2.26 bits per heavy atom. The molecule has 3 aromatic rings. The summed E-state index contributed by atoms with van der Waals surface area (Å²) < 4.78 is 28.4. The van der Waals surface area contributed by atoms with Gasteiger partial charge in [0.05, 0.1) is 17.5 Å². The number of amides is 1. The molecule has 0 heterocycles. The van der Waals surface area contributed by atoms with E-state index in [0.29, 0.717) is 50.4 Å². The quantitative estimate of drug-likeness (QED) is 0.134. The van der Waals surface area contributed by atoms with Crippen LogP contribution in [0.3, 0.4) is 0 Å². The van der Waals surface area contributed by atoms with Crippen LogP contribution in [0.4, 0.5) is 5.69 Å². The number of benzene rings is 3. The number of aliphatic hydroxyl groups excluding tert-OH is 1. The lowest BCUT2D eigenvalue weighted by Crippen LogP contribution is -2.47. The van der Waals surface area contributed by atoms with Gasteiger partial charge in [0.15, 0.2) is 0 Å². The molecule has 3 rings (SSSR count). The topological polar surface area (TPSA) is 125 Å². The van der Waals surface area contributed by atoms with E-state index in [-0.39, 0.29) is 29.4 Å². The average molecular weight is 597 g/mol. The van der Waals surface area contributed by atoms with Gasteiger partial charge in [0.25, 0.3) is 0 Å². The van der Waals surface area contributed by atoms with Gasteiger partial charge in [-0.25, -0.2) is 8.42 Å². The van der Waals surface area contributed by atoms with E-state index in [0.717, 1.165) is 17.5 Å². The van der Waals surface area contributed by atoms with Gasteiger partial charge in [-0.3, -0.25) is 4.79 Å². The van der Waals surface area contributed by atoms with Crippen molar-refractivity contribution in [1.82, 2.24) is 14.9 Å². The number of nitrogens with two attached hydrogens (primary N) is 1. The Kier molecular flexibility index (Phi) is 12.8. The van der Waals surface area contributed by atoms with E-state index in [1.54, 1.807) is 12.1 Å². The van der Waals surface area contributed by atoms with E-state index >= 15 is 0 Å². The van der Waals surface area contributed by atoms with Crippen molar-refractivity contribution < 1.29 is 18.3 Å². The van der Waals surface area contributed by atoms with Crippen LogP contribution in [0.15, 0.2) is 71.6 Å². The number of sulfonamides is 1. The Hall–Kier alpha value is -2.98. The van der Waals surface area contributed by atoms with E-state index in [1.807, 2.05) is 26.0 Å². The minimum atomic E-state index is -3.81. The van der Waals surface area contributed by atoms with Crippen molar-refractivity contribution >= 4 is 32.4 Å². The summed E-state index contributed by atoms with van der Waals surface area (Å²) in [7, 11) is -3.81. The molecule has 2 atom stereocenters. The van der Waals surface area contributed by atoms with Crippen molar-refractivity contribution in [2.45, 2.75) is 70.4 Å². The molecule has 0 radical (unpaired) electrons. The molecule has 0 aliphatic rings. The van der Waals surface area contributed by atoms with Gasteiger partial charge >= 0.3 is 0 Å². The number of unbranched alkanes of at least 4 members (excludes halogenated alkanes) is 1. The van der Waals surface area contributed by atoms with Gasteiger partial charge in [0.2, 0.25) is 15.9 Å². The second kappa shape index (κ2) is 16.0. The molecule has 3 aromatic carbocycles. The molecule has 230 valence electrons. The van der Waals surface area contributed by atoms with Crippen molar-refractivity contribution in [2.24, 2.45) is 11.8 Å². The molecule has 0 saturated heterocycles. The number of nitrogens with one attached hydrogen (secondary N) is 2. The molecule has 5 N–H and O–H groups in total. The smallest absolute Gasteiger partial charge is 0.243 e. The number of hydrogen-bond donors (Lipinski definition) is 4. The molecular weight excluding hydrogens is 548 g/mol. The minimum absolute atomic E-state index is 0.0464. The first-order valence-corrected chi connectivity index (χ1v) is 16.4. The molecule has 9 heteroatoms. The van der Waals surface area contributed by atoms with E-state index in [2.05, 4.69) is 54.8 Å². The number of fused-ring (bicyclic) bond motifs is 1. The highest BCUT2D eigenvalue weighted by Gasteiger charge is 2.31. The first kappa shape index (κ1) is 33.5. The number of hydrogen-bond acceptors (Lipinski definition) is 6. The summed E-state index contributed by atoms with van der Waals surface area (Å²) >= 11 is 0. The lowest BCUT2D eigenvalue weighted by atomic mass is 10.0. The fraction of sp³-hybridized carbons (Fsp3) is 0.485. The zero-order valence-corrected chi connectivity index (χ0v) is 26.2. The molecule has 1 amide bonds. The highest BCUT2D eigenvalue weighted by atomic mass is 32.2. The van der Waals surface area contributed by atoms with Crippen LogP contribution in [0, 0.1) is 11.8 Å². The van der Waals surface area contributed by atoms with Crippen molar-refractivity contribution in [1.29, 1.82) is 0 Å². The maximum atomic E-state index is 13.5. The monoisotopic (exact) mass is 596 g/mol. The number of carbonyl (C=O) groups excluding carboxylic acids is 1. The number of nitrogens with zero attached hydrogens (tertiary/aromatic N) is 1. The Morgan fingerprint density at radius 2 is 1.62 bits per heavy atom. The van der Waals surface area contributed by atoms with Crippen molar-refractivity contribution in [3.05, 3.63) is 72.3 Å². The normalized spacial score (nSPS) is 13.6. The third-order valence-corrected chi connectivity index (χ3v) is 9.19. The van der Waals surface area contributed by atoms with Crippen molar-refractivity contribution in [3.8, 4) is 0 Å². The predicted octanol–water partition coefficient (Wildman–Crippen LogP) is 4.57. The highest BCUT2D eigenvalue weighted by Crippen LogP contribution is 2.23. The molecular formula is C33H48N4O4S. The second-order valence-electron chi connectivity index (χ2n) is 11.9. The van der Waals surface area contributed by atoms with Gasteiger partial charge in [-0.1, -0.05) is 76.6 Å². The molecule has 42 heavy (non-hydrogen) atoms. The summed E-state index contributed by atoms with van der Waals surface area (Å²) in [5, 5.41) is 19.0. The molecule has 0 saturated carbocycles. The zero-order chi connectivity index (χ0) is 30.7. The third kappa shape index (κ3) is 9.80. The maximum Gasteiger partial charge on any atom is 0.243 e. The zero-order valence-electron chi connectivity index (χ0n) is 25.4. The molecule has 0 spiro atoms. The van der Waals surface area contributed by atoms with Crippen LogP contribution in [0.1, 0.15) is 52.5 Å². The maximum absolute atomic E-state index is 13.5. The Morgan fingerprint density at radius 1 is 0.929 bits per heavy atom. The SMILES string of the molecule is CC(C)CN[C@@H](Cc1ccc2ccccc2c1)C(=O)NCCCCC(CO)N(CC(C)C)S(=O)(=O)c1ccc(N)cc1. The van der Waals surface area contributed by atoms with E-state index in [4.69, 9.17) is 5.73 Å². The van der Waals surface area contributed by atoms with E-state index < -0.39 is 16.1 Å². The van der Waals surface area contributed by atoms with Gasteiger partial charge in [-0.15, -0.1) is 0 Å². The molecule has 8 nitrogen and oxygen atoms in total. The van der Waals surface area contributed by atoms with E-state index in [9.17, 15) is 18.3 Å². The molecule has 0 aromatic heterocycles. The summed E-state index contributed by atoms with van der Waals surface area (Å²) in [6.45, 7) is 9.37. The van der Waals surface area contributed by atoms with Gasteiger partial charge < -0.3 is 21.5 Å². The number of nitrogen functional groups attached to an aromatic ring is 1. The summed E-state index contributed by atoms with van der Waals surface area (Å²) in [5.41, 5.74) is 7.34. The van der Waals surface area contributed by atoms with Crippen LogP contribution in [0.2, 0.25) is 0 Å². The lowest BCUT2D eigenvalue weighted by Gasteiger charge is -2.31. The van der Waals surface area contributed by atoms with Crippen LogP contribution < -0.4 is 16.4 Å². The number of carbonyl (C=O) groups is 1. The standard InChI is InChI=1S/C33H48N4O4S/c1-24(2)21-36-32(20-26-12-13-27-9-5-6-10-28(27)19-26)33(39)35-18-8-7-11-30(23-38)37(22-25(3)4)42(40,41)31-16-14-29(34)15-17-31/h5-6,9-10,12-17,19,24-25,30,32,36,38H,7-8,11,18,20-23,34H2,1-4H3,(H,35,39)/t30?,32-/m0/s1. The summed E-state index contributed by atoms with van der Waals surface area (Å²) in [6.07, 6.45) is 2.40. The third-order valence-electron chi connectivity index (χ3n) is 7.26. The van der Waals surface area contributed by atoms with Gasteiger partial charge in [0.1, 0.15) is 0 Å². The Bertz CT molecular complexity index is 1380. The van der Waals surface area contributed by atoms with Crippen LogP contribution in [0.5, 0.6) is 0 Å². The van der Waals surface area contributed by atoms with Crippen molar-refractivity contribution in [2.75, 3.05) is 32.0 Å². The van der Waals surface area contributed by atoms with Gasteiger partial charge in [-0.2, -0.15) is 4.31 Å².